The highest BCUT2D eigenvalue weighted by atomic mass is 16.2. The molecule has 0 spiro atoms. The third-order valence-electron chi connectivity index (χ3n) is 3.06. The minimum atomic E-state index is -0.402. The molecule has 1 aromatic heterocycles. The fourth-order valence-corrected chi connectivity index (χ4v) is 1.59. The molecule has 6 nitrogen and oxygen atoms in total. The Balaban J connectivity index is 2.89. The van der Waals surface area contributed by atoms with Gasteiger partial charge in [0.05, 0.1) is 5.54 Å². The summed E-state index contributed by atoms with van der Waals surface area (Å²) in [5, 5.41) is 2.89. The van der Waals surface area contributed by atoms with Gasteiger partial charge in [0, 0.05) is 18.9 Å². The quantitative estimate of drug-likeness (QED) is 0.683. The first-order valence-corrected chi connectivity index (χ1v) is 5.67. The van der Waals surface area contributed by atoms with Crippen molar-refractivity contribution < 1.29 is 4.79 Å². The van der Waals surface area contributed by atoms with Crippen LogP contribution in [0.4, 0.5) is 5.82 Å². The fraction of sp³-hybridized carbons (Fsp3) is 0.545. The van der Waals surface area contributed by atoms with Crippen LogP contribution in [-0.4, -0.2) is 28.0 Å². The van der Waals surface area contributed by atoms with E-state index in [2.05, 4.69) is 15.3 Å². The molecule has 0 unspecified atom stereocenters. The van der Waals surface area contributed by atoms with Crippen LogP contribution < -0.4 is 16.8 Å². The smallest absolute Gasteiger partial charge is 0.274 e. The van der Waals surface area contributed by atoms with Crippen molar-refractivity contribution in [3.05, 3.63) is 18.1 Å². The summed E-state index contributed by atoms with van der Waals surface area (Å²) in [5.41, 5.74) is 11.1. The van der Waals surface area contributed by atoms with Crippen molar-refractivity contribution in [2.24, 2.45) is 5.73 Å². The van der Waals surface area contributed by atoms with Gasteiger partial charge in [-0.15, -0.1) is 0 Å². The molecule has 0 saturated carbocycles. The van der Waals surface area contributed by atoms with E-state index in [1.165, 1.54) is 12.4 Å². The lowest BCUT2D eigenvalue weighted by Gasteiger charge is -2.31. The molecule has 0 bridgehead atoms. The zero-order valence-electron chi connectivity index (χ0n) is 10.2. The summed E-state index contributed by atoms with van der Waals surface area (Å²) in [6.45, 7) is 4.35. The lowest BCUT2D eigenvalue weighted by Crippen LogP contribution is -2.53. The molecule has 1 amide bonds. The van der Waals surface area contributed by atoms with Gasteiger partial charge in [0.1, 0.15) is 0 Å². The predicted molar refractivity (Wildman–Crippen MR) is 66.3 cm³/mol. The number of nitrogen functional groups attached to an aromatic ring is 1. The SMILES string of the molecule is CCC(CC)(CN)NC(=O)c1nccnc1N. The first kappa shape index (κ1) is 13.4. The van der Waals surface area contributed by atoms with Gasteiger partial charge < -0.3 is 16.8 Å². The van der Waals surface area contributed by atoms with E-state index in [9.17, 15) is 4.79 Å². The summed E-state index contributed by atoms with van der Waals surface area (Å²) in [6, 6.07) is 0. The number of nitrogens with two attached hydrogens (primary N) is 2. The minimum absolute atomic E-state index is 0.128. The van der Waals surface area contributed by atoms with Crippen LogP contribution in [0.3, 0.4) is 0 Å². The Morgan fingerprint density at radius 3 is 2.41 bits per heavy atom. The van der Waals surface area contributed by atoms with Crippen LogP contribution >= 0.6 is 0 Å². The molecule has 1 aromatic rings. The van der Waals surface area contributed by atoms with E-state index in [1.54, 1.807) is 0 Å². The maximum Gasteiger partial charge on any atom is 0.274 e. The Morgan fingerprint density at radius 1 is 1.35 bits per heavy atom. The summed E-state index contributed by atoms with van der Waals surface area (Å²) in [4.78, 5) is 19.8. The zero-order valence-corrected chi connectivity index (χ0v) is 10.2. The molecule has 6 heteroatoms. The van der Waals surface area contributed by atoms with Gasteiger partial charge >= 0.3 is 0 Å². The van der Waals surface area contributed by atoms with Gasteiger partial charge in [-0.3, -0.25) is 4.79 Å². The Morgan fingerprint density at radius 2 is 1.94 bits per heavy atom. The number of carbonyl (C=O) groups is 1. The molecule has 1 rings (SSSR count). The van der Waals surface area contributed by atoms with E-state index >= 15 is 0 Å². The van der Waals surface area contributed by atoms with Gasteiger partial charge in [0.25, 0.3) is 5.91 Å². The minimum Gasteiger partial charge on any atom is -0.382 e. The molecule has 0 radical (unpaired) electrons. The van der Waals surface area contributed by atoms with E-state index in [4.69, 9.17) is 11.5 Å². The van der Waals surface area contributed by atoms with Crippen LogP contribution in [0.1, 0.15) is 37.2 Å². The first-order chi connectivity index (χ1) is 8.08. The maximum absolute atomic E-state index is 12.0. The third-order valence-corrected chi connectivity index (χ3v) is 3.06. The third kappa shape index (κ3) is 2.91. The van der Waals surface area contributed by atoms with Crippen molar-refractivity contribution in [3.63, 3.8) is 0 Å². The highest BCUT2D eigenvalue weighted by molar-refractivity contribution is 5.96. The van der Waals surface area contributed by atoms with E-state index < -0.39 is 5.54 Å². The largest absolute Gasteiger partial charge is 0.382 e. The van der Waals surface area contributed by atoms with E-state index in [1.807, 2.05) is 13.8 Å². The van der Waals surface area contributed by atoms with Crippen LogP contribution in [0.5, 0.6) is 0 Å². The number of hydrogen-bond donors (Lipinski definition) is 3. The lowest BCUT2D eigenvalue weighted by molar-refractivity contribution is 0.0891. The van der Waals surface area contributed by atoms with E-state index in [0.717, 1.165) is 12.8 Å². The highest BCUT2D eigenvalue weighted by Crippen LogP contribution is 2.15. The maximum atomic E-state index is 12.0. The Labute approximate surface area is 101 Å². The molecule has 94 valence electrons. The number of nitrogens with one attached hydrogen (secondary N) is 1. The summed E-state index contributed by atoms with van der Waals surface area (Å²) in [5.74, 6) is -0.201. The second-order valence-electron chi connectivity index (χ2n) is 3.94. The molecular formula is C11H19N5O. The van der Waals surface area contributed by atoms with Gasteiger partial charge in [0.2, 0.25) is 0 Å². The van der Waals surface area contributed by atoms with Gasteiger partial charge in [-0.05, 0) is 12.8 Å². The first-order valence-electron chi connectivity index (χ1n) is 5.67. The molecule has 1 heterocycles. The molecule has 0 aliphatic heterocycles. The van der Waals surface area contributed by atoms with Crippen LogP contribution in [0.15, 0.2) is 12.4 Å². The number of carbonyl (C=O) groups excluding carboxylic acids is 1. The van der Waals surface area contributed by atoms with Gasteiger partial charge in [0.15, 0.2) is 11.5 Å². The Bertz CT molecular complexity index is 381. The summed E-state index contributed by atoms with van der Waals surface area (Å²) in [6.07, 6.45) is 4.40. The number of rotatable bonds is 5. The van der Waals surface area contributed by atoms with Crippen molar-refractivity contribution in [2.75, 3.05) is 12.3 Å². The average Bonchev–Trinajstić information content (AvgIpc) is 2.36. The van der Waals surface area contributed by atoms with Crippen molar-refractivity contribution in [1.82, 2.24) is 15.3 Å². The molecule has 0 saturated heterocycles. The van der Waals surface area contributed by atoms with Gasteiger partial charge in [-0.2, -0.15) is 0 Å². The number of nitrogens with zero attached hydrogens (tertiary/aromatic N) is 2. The molecule has 0 atom stereocenters. The molecule has 0 fully saturated rings. The van der Waals surface area contributed by atoms with E-state index in [-0.39, 0.29) is 17.4 Å². The molecule has 0 aromatic carbocycles. The summed E-state index contributed by atoms with van der Waals surface area (Å²) >= 11 is 0. The molecular weight excluding hydrogens is 218 g/mol. The topological polar surface area (TPSA) is 107 Å². The molecule has 17 heavy (non-hydrogen) atoms. The number of anilines is 1. The van der Waals surface area contributed by atoms with Gasteiger partial charge in [-0.25, -0.2) is 9.97 Å². The average molecular weight is 237 g/mol. The van der Waals surface area contributed by atoms with Gasteiger partial charge in [-0.1, -0.05) is 13.8 Å². The zero-order chi connectivity index (χ0) is 12.9. The monoisotopic (exact) mass is 237 g/mol. The second kappa shape index (κ2) is 5.58. The molecule has 0 aliphatic rings. The second-order valence-corrected chi connectivity index (χ2v) is 3.94. The fourth-order valence-electron chi connectivity index (χ4n) is 1.59. The van der Waals surface area contributed by atoms with Crippen LogP contribution in [0.25, 0.3) is 0 Å². The van der Waals surface area contributed by atoms with Crippen molar-refractivity contribution in [1.29, 1.82) is 0 Å². The van der Waals surface area contributed by atoms with Crippen LogP contribution in [-0.2, 0) is 0 Å². The van der Waals surface area contributed by atoms with Crippen LogP contribution in [0.2, 0.25) is 0 Å². The molecule has 5 N–H and O–H groups in total. The Kier molecular flexibility index (Phi) is 4.39. The lowest BCUT2D eigenvalue weighted by atomic mass is 9.93. The highest BCUT2D eigenvalue weighted by Gasteiger charge is 2.28. The van der Waals surface area contributed by atoms with Crippen molar-refractivity contribution >= 4 is 11.7 Å². The number of amides is 1. The van der Waals surface area contributed by atoms with Crippen LogP contribution in [0, 0.1) is 0 Å². The van der Waals surface area contributed by atoms with E-state index in [0.29, 0.717) is 6.54 Å². The number of aromatic nitrogens is 2. The normalized spacial score (nSPS) is 11.2. The summed E-state index contributed by atoms with van der Waals surface area (Å²) < 4.78 is 0. The Hall–Kier alpha value is -1.69. The number of hydrogen-bond acceptors (Lipinski definition) is 5. The summed E-state index contributed by atoms with van der Waals surface area (Å²) in [7, 11) is 0. The van der Waals surface area contributed by atoms with Crippen molar-refractivity contribution in [2.45, 2.75) is 32.2 Å². The predicted octanol–water partition coefficient (Wildman–Crippen LogP) is 0.306. The standard InChI is InChI=1S/C11H19N5O/c1-3-11(4-2,7-12)16-10(17)8-9(13)15-6-5-14-8/h5-6H,3-4,7,12H2,1-2H3,(H2,13,15)(H,16,17). The molecule has 0 aliphatic carbocycles. The van der Waals surface area contributed by atoms with Crippen molar-refractivity contribution in [3.8, 4) is 0 Å².